The predicted molar refractivity (Wildman–Crippen MR) is 56.2 cm³/mol. The molecule has 2 heteroatoms. The summed E-state index contributed by atoms with van der Waals surface area (Å²) in [5.41, 5.74) is 2.20. The largest absolute Gasteiger partial charge is 0.380 e. The average molecular weight is 193 g/mol. The summed E-state index contributed by atoms with van der Waals surface area (Å²) in [4.78, 5) is 2.65. The van der Waals surface area contributed by atoms with Gasteiger partial charge in [-0.2, -0.15) is 0 Å². The fourth-order valence-electron chi connectivity index (χ4n) is 2.94. The van der Waals surface area contributed by atoms with Crippen LogP contribution in [-0.4, -0.2) is 37.2 Å². The molecule has 0 bridgehead atoms. The molecular formula is C12H19NO. The summed E-state index contributed by atoms with van der Waals surface area (Å²) in [5, 5.41) is 0. The number of ether oxygens (including phenoxy) is 1. The molecule has 1 saturated heterocycles. The normalized spacial score (nSPS) is 32.2. The molecule has 0 N–H and O–H groups in total. The smallest absolute Gasteiger partial charge is 0.0545 e. The minimum Gasteiger partial charge on any atom is -0.380 e. The van der Waals surface area contributed by atoms with E-state index in [1.807, 2.05) is 0 Å². The van der Waals surface area contributed by atoms with Crippen LogP contribution in [0.15, 0.2) is 11.6 Å². The Morgan fingerprint density at radius 1 is 1.43 bits per heavy atom. The monoisotopic (exact) mass is 193 g/mol. The van der Waals surface area contributed by atoms with Gasteiger partial charge in [-0.15, -0.1) is 0 Å². The standard InChI is InChI=1S/C12H19NO/c1-10-2-4-13(5-3-10)11-6-12(7-11)8-14-9-12/h2,11H,3-9H2,1H3. The van der Waals surface area contributed by atoms with Crippen molar-refractivity contribution in [2.75, 3.05) is 26.3 Å². The first-order chi connectivity index (χ1) is 6.77. The molecule has 0 aromatic heterocycles. The molecule has 0 atom stereocenters. The van der Waals surface area contributed by atoms with Crippen molar-refractivity contribution in [3.8, 4) is 0 Å². The van der Waals surface area contributed by atoms with Crippen molar-refractivity contribution in [1.82, 2.24) is 4.90 Å². The molecule has 2 fully saturated rings. The minimum atomic E-state index is 0.626. The van der Waals surface area contributed by atoms with Crippen molar-refractivity contribution in [2.45, 2.75) is 32.2 Å². The molecule has 3 aliphatic rings. The van der Waals surface area contributed by atoms with Crippen LogP contribution in [0.5, 0.6) is 0 Å². The molecule has 0 radical (unpaired) electrons. The molecule has 14 heavy (non-hydrogen) atoms. The van der Waals surface area contributed by atoms with E-state index in [2.05, 4.69) is 17.9 Å². The van der Waals surface area contributed by atoms with Crippen LogP contribution in [0.25, 0.3) is 0 Å². The van der Waals surface area contributed by atoms with Gasteiger partial charge in [0.1, 0.15) is 0 Å². The Labute approximate surface area is 85.9 Å². The van der Waals surface area contributed by atoms with Crippen LogP contribution in [0.3, 0.4) is 0 Å². The first-order valence-corrected chi connectivity index (χ1v) is 5.75. The fraction of sp³-hybridized carbons (Fsp3) is 0.833. The average Bonchev–Trinajstić information content (AvgIpc) is 2.03. The first-order valence-electron chi connectivity index (χ1n) is 5.75. The van der Waals surface area contributed by atoms with E-state index in [0.717, 1.165) is 19.3 Å². The van der Waals surface area contributed by atoms with Gasteiger partial charge in [0.15, 0.2) is 0 Å². The second-order valence-electron chi connectivity index (χ2n) is 5.35. The molecule has 0 unspecified atom stereocenters. The third kappa shape index (κ3) is 1.32. The minimum absolute atomic E-state index is 0.626. The highest BCUT2D eigenvalue weighted by atomic mass is 16.5. The zero-order valence-electron chi connectivity index (χ0n) is 8.96. The van der Waals surface area contributed by atoms with Crippen molar-refractivity contribution >= 4 is 0 Å². The Kier molecular flexibility index (Phi) is 1.96. The van der Waals surface area contributed by atoms with Gasteiger partial charge in [0.2, 0.25) is 0 Å². The summed E-state index contributed by atoms with van der Waals surface area (Å²) in [6, 6.07) is 0.864. The van der Waals surface area contributed by atoms with Crippen LogP contribution < -0.4 is 0 Å². The van der Waals surface area contributed by atoms with Gasteiger partial charge in [-0.3, -0.25) is 4.90 Å². The number of nitrogens with zero attached hydrogens (tertiary/aromatic N) is 1. The third-order valence-electron chi connectivity index (χ3n) is 4.14. The van der Waals surface area contributed by atoms with E-state index in [0.29, 0.717) is 5.41 Å². The summed E-state index contributed by atoms with van der Waals surface area (Å²) in [5.74, 6) is 0. The Morgan fingerprint density at radius 3 is 2.71 bits per heavy atom. The topological polar surface area (TPSA) is 12.5 Å². The highest BCUT2D eigenvalue weighted by molar-refractivity contribution is 5.08. The maximum Gasteiger partial charge on any atom is 0.0545 e. The molecule has 0 aromatic rings. The zero-order chi connectivity index (χ0) is 9.60. The van der Waals surface area contributed by atoms with Crippen LogP contribution in [0.4, 0.5) is 0 Å². The summed E-state index contributed by atoms with van der Waals surface area (Å²) in [6.07, 6.45) is 6.45. The van der Waals surface area contributed by atoms with Gasteiger partial charge in [-0.1, -0.05) is 11.6 Å². The molecule has 0 aromatic carbocycles. The van der Waals surface area contributed by atoms with Gasteiger partial charge in [0.25, 0.3) is 0 Å². The van der Waals surface area contributed by atoms with Crippen LogP contribution in [0.2, 0.25) is 0 Å². The molecular weight excluding hydrogens is 174 g/mol. The zero-order valence-corrected chi connectivity index (χ0v) is 8.96. The lowest BCUT2D eigenvalue weighted by Gasteiger charge is -2.56. The van der Waals surface area contributed by atoms with Gasteiger partial charge < -0.3 is 4.74 Å². The van der Waals surface area contributed by atoms with Crippen LogP contribution in [-0.2, 0) is 4.74 Å². The fourth-order valence-corrected chi connectivity index (χ4v) is 2.94. The molecule has 1 saturated carbocycles. The molecule has 0 amide bonds. The van der Waals surface area contributed by atoms with Gasteiger partial charge in [0.05, 0.1) is 13.2 Å². The van der Waals surface area contributed by atoms with E-state index in [-0.39, 0.29) is 0 Å². The van der Waals surface area contributed by atoms with E-state index >= 15 is 0 Å². The summed E-state index contributed by atoms with van der Waals surface area (Å²) in [6.45, 7) is 6.79. The Balaban J connectivity index is 1.54. The lowest BCUT2D eigenvalue weighted by molar-refractivity contribution is -0.183. The van der Waals surface area contributed by atoms with E-state index < -0.39 is 0 Å². The lowest BCUT2D eigenvalue weighted by Crippen LogP contribution is -2.60. The van der Waals surface area contributed by atoms with Crippen LogP contribution >= 0.6 is 0 Å². The third-order valence-corrected chi connectivity index (χ3v) is 4.14. The Hall–Kier alpha value is -0.340. The maximum absolute atomic E-state index is 5.30. The van der Waals surface area contributed by atoms with E-state index in [9.17, 15) is 0 Å². The molecule has 78 valence electrons. The summed E-state index contributed by atoms with van der Waals surface area (Å²) < 4.78 is 5.30. The SMILES string of the molecule is CC1=CCN(C2CC3(COC3)C2)CC1. The molecule has 2 aliphatic heterocycles. The molecule has 2 nitrogen and oxygen atoms in total. The number of hydrogen-bond donors (Lipinski definition) is 0. The molecule has 2 heterocycles. The maximum atomic E-state index is 5.30. The molecule has 1 spiro atoms. The van der Waals surface area contributed by atoms with Crippen molar-refractivity contribution in [2.24, 2.45) is 5.41 Å². The van der Waals surface area contributed by atoms with Crippen LogP contribution in [0, 0.1) is 5.41 Å². The van der Waals surface area contributed by atoms with Gasteiger partial charge in [-0.05, 0) is 26.2 Å². The van der Waals surface area contributed by atoms with Gasteiger partial charge >= 0.3 is 0 Å². The van der Waals surface area contributed by atoms with Crippen molar-refractivity contribution in [1.29, 1.82) is 0 Å². The van der Waals surface area contributed by atoms with Gasteiger partial charge in [-0.25, -0.2) is 0 Å². The number of rotatable bonds is 1. The lowest BCUT2D eigenvalue weighted by atomic mass is 9.63. The highest BCUT2D eigenvalue weighted by Crippen LogP contribution is 2.49. The second kappa shape index (κ2) is 3.07. The van der Waals surface area contributed by atoms with Gasteiger partial charge in [0, 0.05) is 24.5 Å². The summed E-state index contributed by atoms with van der Waals surface area (Å²) in [7, 11) is 0. The number of hydrogen-bond acceptors (Lipinski definition) is 2. The second-order valence-corrected chi connectivity index (χ2v) is 5.35. The van der Waals surface area contributed by atoms with Crippen molar-refractivity contribution < 1.29 is 4.74 Å². The molecule has 1 aliphatic carbocycles. The van der Waals surface area contributed by atoms with Crippen molar-refractivity contribution in [3.63, 3.8) is 0 Å². The van der Waals surface area contributed by atoms with E-state index in [4.69, 9.17) is 4.74 Å². The molecule has 3 rings (SSSR count). The van der Waals surface area contributed by atoms with Crippen molar-refractivity contribution in [3.05, 3.63) is 11.6 Å². The van der Waals surface area contributed by atoms with E-state index in [1.54, 1.807) is 5.57 Å². The van der Waals surface area contributed by atoms with Crippen LogP contribution in [0.1, 0.15) is 26.2 Å². The highest BCUT2D eigenvalue weighted by Gasteiger charge is 2.51. The predicted octanol–water partition coefficient (Wildman–Crippen LogP) is 1.82. The quantitative estimate of drug-likeness (QED) is 0.589. The Bertz CT molecular complexity index is 259. The Morgan fingerprint density at radius 2 is 2.21 bits per heavy atom. The summed E-state index contributed by atoms with van der Waals surface area (Å²) >= 11 is 0. The van der Waals surface area contributed by atoms with E-state index in [1.165, 1.54) is 32.4 Å². The first kappa shape index (κ1) is 8.93.